The van der Waals surface area contributed by atoms with E-state index in [1.54, 1.807) is 11.0 Å². The number of nitrogens with zero attached hydrogens (tertiary/aromatic N) is 4. The summed E-state index contributed by atoms with van der Waals surface area (Å²) in [5, 5.41) is 23.5. The zero-order valence-electron chi connectivity index (χ0n) is 16.8. The number of carbonyl (C=O) groups is 1. The normalized spacial score (nSPS) is 25.9. The number of likely N-dealkylation sites (tertiary alicyclic amines) is 1. The number of nitrogens with one attached hydrogen (secondary N) is 1. The molecule has 4 atom stereocenters. The Hall–Kier alpha value is -2.49. The van der Waals surface area contributed by atoms with E-state index >= 15 is 0 Å². The van der Waals surface area contributed by atoms with Crippen molar-refractivity contribution in [2.45, 2.75) is 56.9 Å². The van der Waals surface area contributed by atoms with Crippen molar-refractivity contribution in [1.82, 2.24) is 15.3 Å². The molecule has 2 aliphatic heterocycles. The van der Waals surface area contributed by atoms with Gasteiger partial charge in [-0.15, -0.1) is 0 Å². The summed E-state index contributed by atoms with van der Waals surface area (Å²) in [4.78, 5) is 20.0. The minimum atomic E-state index is -0.661. The standard InChI is InChI=1S/C21H28N6O2/c1-15-8-18(14-29-27(15)13-17-5-2-4-16(9-17)10-22)25-12-20(24)21(28)26-7-3-6-19(26)11-23/h2,4-5,9,15,18-20,25H,3,6-8,12-14,24H2,1H3/t15?,18?,19-,20?/m0/s1. The van der Waals surface area contributed by atoms with Crippen LogP contribution in [0.2, 0.25) is 0 Å². The Morgan fingerprint density at radius 2 is 2.28 bits per heavy atom. The van der Waals surface area contributed by atoms with E-state index in [0.717, 1.165) is 24.8 Å². The fraction of sp³-hybridized carbons (Fsp3) is 0.571. The molecule has 1 aromatic rings. The van der Waals surface area contributed by atoms with Gasteiger partial charge in [-0.3, -0.25) is 9.63 Å². The minimum Gasteiger partial charge on any atom is -0.325 e. The van der Waals surface area contributed by atoms with Crippen molar-refractivity contribution in [1.29, 1.82) is 10.5 Å². The first-order valence-electron chi connectivity index (χ1n) is 10.1. The molecule has 0 spiro atoms. The summed E-state index contributed by atoms with van der Waals surface area (Å²) in [6.07, 6.45) is 2.44. The van der Waals surface area contributed by atoms with Gasteiger partial charge in [0.25, 0.3) is 0 Å². The zero-order valence-corrected chi connectivity index (χ0v) is 16.8. The second kappa shape index (κ2) is 9.82. The molecule has 0 aromatic heterocycles. The molecule has 8 heteroatoms. The van der Waals surface area contributed by atoms with Crippen molar-refractivity contribution in [3.63, 3.8) is 0 Å². The first kappa shape index (κ1) is 21.2. The number of benzene rings is 1. The van der Waals surface area contributed by atoms with Crippen LogP contribution in [-0.2, 0) is 16.2 Å². The number of hydrogen-bond donors (Lipinski definition) is 2. The molecule has 2 aliphatic rings. The van der Waals surface area contributed by atoms with Crippen molar-refractivity contribution in [3.8, 4) is 12.1 Å². The molecule has 0 saturated carbocycles. The monoisotopic (exact) mass is 396 g/mol. The van der Waals surface area contributed by atoms with E-state index < -0.39 is 6.04 Å². The van der Waals surface area contributed by atoms with E-state index in [2.05, 4.69) is 24.4 Å². The maximum Gasteiger partial charge on any atom is 0.241 e. The Morgan fingerprint density at radius 3 is 3.00 bits per heavy atom. The molecule has 154 valence electrons. The third-order valence-corrected chi connectivity index (χ3v) is 5.58. The summed E-state index contributed by atoms with van der Waals surface area (Å²) in [6.45, 7) is 4.17. The average molecular weight is 396 g/mol. The summed E-state index contributed by atoms with van der Waals surface area (Å²) in [7, 11) is 0. The van der Waals surface area contributed by atoms with Crippen LogP contribution in [0.1, 0.15) is 37.3 Å². The number of rotatable bonds is 6. The molecule has 3 rings (SSSR count). The predicted molar refractivity (Wildman–Crippen MR) is 107 cm³/mol. The molecule has 2 heterocycles. The second-order valence-corrected chi connectivity index (χ2v) is 7.80. The predicted octanol–water partition coefficient (Wildman–Crippen LogP) is 0.884. The van der Waals surface area contributed by atoms with Crippen molar-refractivity contribution < 1.29 is 9.63 Å². The summed E-state index contributed by atoms with van der Waals surface area (Å²) in [6, 6.07) is 11.1. The van der Waals surface area contributed by atoms with Gasteiger partial charge in [-0.2, -0.15) is 15.6 Å². The fourth-order valence-corrected chi connectivity index (χ4v) is 3.93. The minimum absolute atomic E-state index is 0.107. The molecule has 3 unspecified atom stereocenters. The van der Waals surface area contributed by atoms with E-state index in [4.69, 9.17) is 21.1 Å². The highest BCUT2D eigenvalue weighted by atomic mass is 16.7. The van der Waals surface area contributed by atoms with E-state index in [9.17, 15) is 4.79 Å². The number of hydrogen-bond acceptors (Lipinski definition) is 7. The molecular weight excluding hydrogens is 368 g/mol. The zero-order chi connectivity index (χ0) is 20.8. The lowest BCUT2D eigenvalue weighted by Crippen LogP contribution is -2.54. The van der Waals surface area contributed by atoms with E-state index in [1.165, 1.54) is 0 Å². The number of nitrogens with two attached hydrogens (primary N) is 1. The fourth-order valence-electron chi connectivity index (χ4n) is 3.93. The van der Waals surface area contributed by atoms with Gasteiger partial charge in [0.15, 0.2) is 0 Å². The highest BCUT2D eigenvalue weighted by Gasteiger charge is 2.32. The van der Waals surface area contributed by atoms with Crippen LogP contribution >= 0.6 is 0 Å². The Balaban J connectivity index is 1.45. The number of carbonyl (C=O) groups excluding carboxylic acids is 1. The molecule has 0 bridgehead atoms. The van der Waals surface area contributed by atoms with Gasteiger partial charge in [-0.1, -0.05) is 12.1 Å². The highest BCUT2D eigenvalue weighted by molar-refractivity contribution is 5.82. The van der Waals surface area contributed by atoms with Crippen LogP contribution in [-0.4, -0.2) is 59.7 Å². The summed E-state index contributed by atoms with van der Waals surface area (Å²) >= 11 is 0. The third kappa shape index (κ3) is 5.31. The summed E-state index contributed by atoms with van der Waals surface area (Å²) in [5.74, 6) is -0.162. The van der Waals surface area contributed by atoms with E-state index in [1.807, 2.05) is 23.3 Å². The summed E-state index contributed by atoms with van der Waals surface area (Å²) < 4.78 is 0. The number of hydroxylamine groups is 2. The first-order valence-corrected chi connectivity index (χ1v) is 10.1. The lowest BCUT2D eigenvalue weighted by Gasteiger charge is -2.37. The molecule has 1 aromatic carbocycles. The van der Waals surface area contributed by atoms with Crippen LogP contribution < -0.4 is 11.1 Å². The lowest BCUT2D eigenvalue weighted by molar-refractivity contribution is -0.221. The average Bonchev–Trinajstić information content (AvgIpc) is 3.22. The molecule has 29 heavy (non-hydrogen) atoms. The van der Waals surface area contributed by atoms with Crippen LogP contribution in [0.25, 0.3) is 0 Å². The maximum atomic E-state index is 12.5. The topological polar surface area (TPSA) is 118 Å². The van der Waals surface area contributed by atoms with Gasteiger partial charge in [0.2, 0.25) is 5.91 Å². The maximum absolute atomic E-state index is 12.5. The largest absolute Gasteiger partial charge is 0.325 e. The lowest BCUT2D eigenvalue weighted by atomic mass is 10.1. The smallest absolute Gasteiger partial charge is 0.241 e. The van der Waals surface area contributed by atoms with Gasteiger partial charge < -0.3 is 16.0 Å². The van der Waals surface area contributed by atoms with E-state index in [0.29, 0.717) is 31.8 Å². The van der Waals surface area contributed by atoms with Gasteiger partial charge in [0, 0.05) is 31.7 Å². The highest BCUT2D eigenvalue weighted by Crippen LogP contribution is 2.20. The Bertz CT molecular complexity index is 801. The van der Waals surface area contributed by atoms with Gasteiger partial charge in [-0.25, -0.2) is 0 Å². The number of amides is 1. The molecule has 3 N–H and O–H groups in total. The molecule has 0 radical (unpaired) electrons. The van der Waals surface area contributed by atoms with E-state index in [-0.39, 0.29) is 24.0 Å². The first-order chi connectivity index (χ1) is 14.0. The van der Waals surface area contributed by atoms with Crippen LogP contribution in [0.3, 0.4) is 0 Å². The third-order valence-electron chi connectivity index (χ3n) is 5.58. The second-order valence-electron chi connectivity index (χ2n) is 7.80. The Morgan fingerprint density at radius 1 is 1.45 bits per heavy atom. The molecule has 8 nitrogen and oxygen atoms in total. The van der Waals surface area contributed by atoms with Gasteiger partial charge in [-0.05, 0) is 43.9 Å². The SMILES string of the molecule is CC1CC(NCC(N)C(=O)N2CCC[C@H]2C#N)CON1Cc1cccc(C#N)c1. The van der Waals surface area contributed by atoms with Crippen LogP contribution in [0.15, 0.2) is 24.3 Å². The molecule has 2 fully saturated rings. The number of nitriles is 2. The molecular formula is C21H28N6O2. The van der Waals surface area contributed by atoms with Gasteiger partial charge in [0.05, 0.1) is 30.4 Å². The van der Waals surface area contributed by atoms with Crippen LogP contribution in [0.5, 0.6) is 0 Å². The quantitative estimate of drug-likeness (QED) is 0.733. The van der Waals surface area contributed by atoms with Crippen LogP contribution in [0, 0.1) is 22.7 Å². The van der Waals surface area contributed by atoms with Crippen molar-refractivity contribution in [2.24, 2.45) is 5.73 Å². The van der Waals surface area contributed by atoms with Gasteiger partial charge in [0.1, 0.15) is 6.04 Å². The molecule has 2 saturated heterocycles. The van der Waals surface area contributed by atoms with Crippen LogP contribution in [0.4, 0.5) is 0 Å². The van der Waals surface area contributed by atoms with Crippen molar-refractivity contribution in [3.05, 3.63) is 35.4 Å². The van der Waals surface area contributed by atoms with Crippen molar-refractivity contribution >= 4 is 5.91 Å². The van der Waals surface area contributed by atoms with Gasteiger partial charge >= 0.3 is 0 Å². The summed E-state index contributed by atoms with van der Waals surface area (Å²) in [5.41, 5.74) is 7.76. The Kier molecular flexibility index (Phi) is 7.18. The van der Waals surface area contributed by atoms with Crippen molar-refractivity contribution in [2.75, 3.05) is 19.7 Å². The molecule has 1 amide bonds. The molecule has 0 aliphatic carbocycles. The Labute approximate surface area is 171 Å².